The number of carbonyl (C=O) groups is 1. The predicted octanol–water partition coefficient (Wildman–Crippen LogP) is 4.03. The van der Waals surface area contributed by atoms with Gasteiger partial charge >= 0.3 is 0 Å². The normalized spacial score (nSPS) is 11.7. The van der Waals surface area contributed by atoms with Gasteiger partial charge in [-0.15, -0.1) is 0 Å². The molecule has 3 N–H and O–H groups in total. The Labute approximate surface area is 168 Å². The first-order valence-corrected chi connectivity index (χ1v) is 9.26. The Bertz CT molecular complexity index is 1080. The van der Waals surface area contributed by atoms with Crippen LogP contribution in [-0.2, 0) is 6.42 Å². The highest BCUT2D eigenvalue weighted by Gasteiger charge is 2.19. The van der Waals surface area contributed by atoms with Crippen molar-refractivity contribution in [3.8, 4) is 11.5 Å². The highest BCUT2D eigenvalue weighted by Crippen LogP contribution is 2.21. The minimum Gasteiger partial charge on any atom is -0.444 e. The van der Waals surface area contributed by atoms with E-state index in [0.717, 1.165) is 11.1 Å². The number of anilines is 1. The van der Waals surface area contributed by atoms with E-state index in [2.05, 4.69) is 15.3 Å². The summed E-state index contributed by atoms with van der Waals surface area (Å²) in [4.78, 5) is 21.2. The number of nitrogens with one attached hydrogen (secondary N) is 1. The summed E-state index contributed by atoms with van der Waals surface area (Å²) in [6, 6.07) is 23.1. The van der Waals surface area contributed by atoms with Gasteiger partial charge in [0.05, 0.1) is 11.6 Å². The van der Waals surface area contributed by atoms with Crippen LogP contribution in [0.25, 0.3) is 11.5 Å². The number of pyridine rings is 1. The number of hydrogen-bond acceptors (Lipinski definition) is 5. The standard InChI is InChI=1S/C23H20N4O2/c24-21-12-11-18(14-25-21)23-27-20(15-29-23)22(28)26-19(17-9-5-2-6-10-17)13-16-7-3-1-4-8-16/h1-12,14-15,19H,13H2,(H2,24,25)(H,26,28). The number of benzene rings is 2. The van der Waals surface area contributed by atoms with Crippen LogP contribution in [0.1, 0.15) is 27.7 Å². The second-order valence-corrected chi connectivity index (χ2v) is 6.64. The van der Waals surface area contributed by atoms with Crippen molar-refractivity contribution in [2.75, 3.05) is 5.73 Å². The van der Waals surface area contributed by atoms with Gasteiger partial charge in [-0.25, -0.2) is 9.97 Å². The van der Waals surface area contributed by atoms with E-state index in [1.807, 2.05) is 60.7 Å². The molecule has 4 aromatic rings. The maximum Gasteiger partial charge on any atom is 0.273 e. The third-order valence-corrected chi connectivity index (χ3v) is 4.56. The monoisotopic (exact) mass is 384 g/mol. The first-order valence-electron chi connectivity index (χ1n) is 9.26. The second kappa shape index (κ2) is 8.39. The molecule has 0 aliphatic rings. The molecule has 4 rings (SSSR count). The Hall–Kier alpha value is -3.93. The molecule has 1 amide bonds. The summed E-state index contributed by atoms with van der Waals surface area (Å²) in [6.07, 6.45) is 3.58. The molecular formula is C23H20N4O2. The van der Waals surface area contributed by atoms with Crippen molar-refractivity contribution in [2.45, 2.75) is 12.5 Å². The van der Waals surface area contributed by atoms with Crippen LogP contribution in [0.3, 0.4) is 0 Å². The lowest BCUT2D eigenvalue weighted by Gasteiger charge is -2.19. The molecule has 0 aliphatic carbocycles. The quantitative estimate of drug-likeness (QED) is 0.523. The number of oxazole rings is 1. The molecule has 2 aromatic carbocycles. The maximum absolute atomic E-state index is 12.8. The molecule has 1 atom stereocenters. The number of carbonyl (C=O) groups excluding carboxylic acids is 1. The van der Waals surface area contributed by atoms with Crippen LogP contribution in [0.15, 0.2) is 89.7 Å². The lowest BCUT2D eigenvalue weighted by Crippen LogP contribution is -2.30. The van der Waals surface area contributed by atoms with Gasteiger partial charge in [-0.1, -0.05) is 60.7 Å². The molecular weight excluding hydrogens is 364 g/mol. The Morgan fingerprint density at radius 2 is 1.72 bits per heavy atom. The van der Waals surface area contributed by atoms with E-state index in [4.69, 9.17) is 10.2 Å². The second-order valence-electron chi connectivity index (χ2n) is 6.64. The van der Waals surface area contributed by atoms with Gasteiger partial charge < -0.3 is 15.5 Å². The number of nitrogen functional groups attached to an aromatic ring is 1. The van der Waals surface area contributed by atoms with Gasteiger partial charge in [-0.3, -0.25) is 4.79 Å². The van der Waals surface area contributed by atoms with Crippen molar-refractivity contribution in [1.82, 2.24) is 15.3 Å². The van der Waals surface area contributed by atoms with Crippen LogP contribution >= 0.6 is 0 Å². The fourth-order valence-corrected chi connectivity index (χ4v) is 3.06. The van der Waals surface area contributed by atoms with E-state index in [1.165, 1.54) is 6.26 Å². The van der Waals surface area contributed by atoms with Gasteiger partial charge in [0.1, 0.15) is 12.1 Å². The lowest BCUT2D eigenvalue weighted by atomic mass is 9.99. The van der Waals surface area contributed by atoms with Gasteiger partial charge in [0.25, 0.3) is 5.91 Å². The fraction of sp³-hybridized carbons (Fsp3) is 0.0870. The SMILES string of the molecule is Nc1ccc(-c2nc(C(=O)NC(Cc3ccccc3)c3ccccc3)co2)cn1. The average Bonchev–Trinajstić information content (AvgIpc) is 3.26. The number of aromatic nitrogens is 2. The molecule has 29 heavy (non-hydrogen) atoms. The number of amides is 1. The van der Waals surface area contributed by atoms with E-state index in [1.54, 1.807) is 18.3 Å². The van der Waals surface area contributed by atoms with Crippen molar-refractivity contribution in [3.63, 3.8) is 0 Å². The summed E-state index contributed by atoms with van der Waals surface area (Å²) >= 11 is 0. The number of nitrogens with zero attached hydrogens (tertiary/aromatic N) is 2. The van der Waals surface area contributed by atoms with Crippen LogP contribution in [0.5, 0.6) is 0 Å². The van der Waals surface area contributed by atoms with E-state index in [-0.39, 0.29) is 17.6 Å². The van der Waals surface area contributed by atoms with Gasteiger partial charge in [-0.2, -0.15) is 0 Å². The largest absolute Gasteiger partial charge is 0.444 e. The molecule has 0 bridgehead atoms. The van der Waals surface area contributed by atoms with Crippen molar-refractivity contribution in [2.24, 2.45) is 0 Å². The van der Waals surface area contributed by atoms with Crippen LogP contribution in [0.4, 0.5) is 5.82 Å². The molecule has 6 heteroatoms. The molecule has 0 saturated carbocycles. The van der Waals surface area contributed by atoms with Crippen LogP contribution in [0, 0.1) is 0 Å². The summed E-state index contributed by atoms with van der Waals surface area (Å²) < 4.78 is 5.46. The van der Waals surface area contributed by atoms with Gasteiger partial charge in [0.2, 0.25) is 5.89 Å². The third-order valence-electron chi connectivity index (χ3n) is 4.56. The Morgan fingerprint density at radius 3 is 2.41 bits per heavy atom. The van der Waals surface area contributed by atoms with E-state index in [9.17, 15) is 4.79 Å². The summed E-state index contributed by atoms with van der Waals surface area (Å²) in [5.41, 5.74) is 8.63. The summed E-state index contributed by atoms with van der Waals surface area (Å²) in [7, 11) is 0. The smallest absolute Gasteiger partial charge is 0.273 e. The highest BCUT2D eigenvalue weighted by atomic mass is 16.3. The van der Waals surface area contributed by atoms with E-state index >= 15 is 0 Å². The Kier molecular flexibility index (Phi) is 5.33. The molecule has 144 valence electrons. The Balaban J connectivity index is 1.54. The number of nitrogens with two attached hydrogens (primary N) is 1. The minimum atomic E-state index is -0.298. The topological polar surface area (TPSA) is 94.0 Å². The molecule has 6 nitrogen and oxygen atoms in total. The zero-order valence-corrected chi connectivity index (χ0v) is 15.7. The summed E-state index contributed by atoms with van der Waals surface area (Å²) in [5, 5.41) is 3.07. The maximum atomic E-state index is 12.8. The molecule has 0 saturated heterocycles. The number of hydrogen-bond donors (Lipinski definition) is 2. The number of rotatable bonds is 6. The molecule has 0 spiro atoms. The molecule has 0 fully saturated rings. The van der Waals surface area contributed by atoms with Crippen molar-refractivity contribution in [3.05, 3.63) is 102 Å². The highest BCUT2D eigenvalue weighted by molar-refractivity contribution is 5.92. The molecule has 0 aliphatic heterocycles. The zero-order chi connectivity index (χ0) is 20.1. The van der Waals surface area contributed by atoms with Crippen LogP contribution in [-0.4, -0.2) is 15.9 Å². The first-order chi connectivity index (χ1) is 14.2. The molecule has 2 aromatic heterocycles. The van der Waals surface area contributed by atoms with Crippen LogP contribution < -0.4 is 11.1 Å². The average molecular weight is 384 g/mol. The summed E-state index contributed by atoms with van der Waals surface area (Å²) in [6.45, 7) is 0. The third kappa shape index (κ3) is 4.50. The lowest BCUT2D eigenvalue weighted by molar-refractivity contribution is 0.0931. The van der Waals surface area contributed by atoms with Crippen molar-refractivity contribution in [1.29, 1.82) is 0 Å². The van der Waals surface area contributed by atoms with Gasteiger partial charge in [-0.05, 0) is 29.7 Å². The zero-order valence-electron chi connectivity index (χ0n) is 15.7. The van der Waals surface area contributed by atoms with Crippen molar-refractivity contribution < 1.29 is 9.21 Å². The first kappa shape index (κ1) is 18.4. The molecule has 2 heterocycles. The molecule has 0 radical (unpaired) electrons. The molecule has 1 unspecified atom stereocenters. The fourth-order valence-electron chi connectivity index (χ4n) is 3.06. The predicted molar refractivity (Wildman–Crippen MR) is 111 cm³/mol. The Morgan fingerprint density at radius 1 is 1.00 bits per heavy atom. The van der Waals surface area contributed by atoms with Gasteiger partial charge in [0.15, 0.2) is 5.69 Å². The van der Waals surface area contributed by atoms with Crippen molar-refractivity contribution >= 4 is 11.7 Å². The van der Waals surface area contributed by atoms with E-state index < -0.39 is 0 Å². The minimum absolute atomic E-state index is 0.190. The summed E-state index contributed by atoms with van der Waals surface area (Å²) in [5.74, 6) is 0.431. The van der Waals surface area contributed by atoms with Crippen LogP contribution in [0.2, 0.25) is 0 Å². The van der Waals surface area contributed by atoms with E-state index in [0.29, 0.717) is 23.7 Å². The van der Waals surface area contributed by atoms with Gasteiger partial charge in [0, 0.05) is 6.20 Å².